The lowest BCUT2D eigenvalue weighted by Gasteiger charge is -2.03. The lowest BCUT2D eigenvalue weighted by atomic mass is 10.3. The quantitative estimate of drug-likeness (QED) is 0.712. The van der Waals surface area contributed by atoms with E-state index < -0.39 is 5.97 Å². The standard InChI is InChI=1S/C11H9N5O2/c17-10(18)6-16-9-4-2-1-3-7(9)13-11(16)8-5-12-15-14-8/h1-5H,6H2,(H,17,18)(H,12,14,15). The fraction of sp³-hybridized carbons (Fsp3) is 0.0909. The molecule has 2 N–H and O–H groups in total. The molecular weight excluding hydrogens is 234 g/mol. The first kappa shape index (κ1) is 10.5. The van der Waals surface area contributed by atoms with Crippen molar-refractivity contribution in [2.24, 2.45) is 0 Å². The first-order valence-electron chi connectivity index (χ1n) is 5.29. The van der Waals surface area contributed by atoms with Crippen LogP contribution < -0.4 is 0 Å². The van der Waals surface area contributed by atoms with E-state index in [1.807, 2.05) is 24.3 Å². The van der Waals surface area contributed by atoms with E-state index in [2.05, 4.69) is 20.4 Å². The predicted molar refractivity (Wildman–Crippen MR) is 62.7 cm³/mol. The lowest BCUT2D eigenvalue weighted by Crippen LogP contribution is -2.10. The summed E-state index contributed by atoms with van der Waals surface area (Å²) in [6.07, 6.45) is 1.51. The number of imidazole rings is 1. The van der Waals surface area contributed by atoms with E-state index in [9.17, 15) is 4.79 Å². The molecule has 0 atom stereocenters. The van der Waals surface area contributed by atoms with Crippen molar-refractivity contribution in [2.75, 3.05) is 0 Å². The van der Waals surface area contributed by atoms with Gasteiger partial charge in [0, 0.05) is 0 Å². The Balaban J connectivity index is 2.26. The van der Waals surface area contributed by atoms with Gasteiger partial charge in [0.25, 0.3) is 0 Å². The van der Waals surface area contributed by atoms with Gasteiger partial charge >= 0.3 is 5.97 Å². The second-order valence-electron chi connectivity index (χ2n) is 3.76. The van der Waals surface area contributed by atoms with Gasteiger partial charge in [-0.1, -0.05) is 12.1 Å². The number of para-hydroxylation sites is 2. The van der Waals surface area contributed by atoms with Gasteiger partial charge in [0.05, 0.1) is 17.2 Å². The highest BCUT2D eigenvalue weighted by atomic mass is 16.4. The molecule has 0 bridgehead atoms. The molecule has 0 saturated heterocycles. The van der Waals surface area contributed by atoms with Crippen LogP contribution in [0, 0.1) is 0 Å². The van der Waals surface area contributed by atoms with E-state index in [0.29, 0.717) is 11.5 Å². The average molecular weight is 243 g/mol. The van der Waals surface area contributed by atoms with Crippen LogP contribution in [0.2, 0.25) is 0 Å². The first-order valence-corrected chi connectivity index (χ1v) is 5.29. The molecule has 7 nitrogen and oxygen atoms in total. The van der Waals surface area contributed by atoms with Crippen molar-refractivity contribution in [3.05, 3.63) is 30.5 Å². The van der Waals surface area contributed by atoms with Crippen molar-refractivity contribution in [1.29, 1.82) is 0 Å². The van der Waals surface area contributed by atoms with Crippen LogP contribution in [0.15, 0.2) is 30.5 Å². The third-order valence-electron chi connectivity index (χ3n) is 2.59. The van der Waals surface area contributed by atoms with Crippen molar-refractivity contribution >= 4 is 17.0 Å². The smallest absolute Gasteiger partial charge is 0.323 e. The van der Waals surface area contributed by atoms with Crippen molar-refractivity contribution in [3.63, 3.8) is 0 Å². The molecule has 90 valence electrons. The number of rotatable bonds is 3. The fourth-order valence-electron chi connectivity index (χ4n) is 1.88. The van der Waals surface area contributed by atoms with E-state index in [4.69, 9.17) is 5.11 Å². The summed E-state index contributed by atoms with van der Waals surface area (Å²) < 4.78 is 1.61. The summed E-state index contributed by atoms with van der Waals surface area (Å²) in [6, 6.07) is 7.36. The van der Waals surface area contributed by atoms with Crippen LogP contribution in [0.4, 0.5) is 0 Å². The van der Waals surface area contributed by atoms with E-state index in [0.717, 1.165) is 11.0 Å². The van der Waals surface area contributed by atoms with Crippen molar-refractivity contribution in [1.82, 2.24) is 25.0 Å². The molecule has 0 fully saturated rings. The van der Waals surface area contributed by atoms with Gasteiger partial charge in [-0.25, -0.2) is 4.98 Å². The van der Waals surface area contributed by atoms with E-state index in [1.165, 1.54) is 6.20 Å². The molecule has 18 heavy (non-hydrogen) atoms. The van der Waals surface area contributed by atoms with E-state index in [1.54, 1.807) is 4.57 Å². The summed E-state index contributed by atoms with van der Waals surface area (Å²) in [7, 11) is 0. The Hall–Kier alpha value is -2.70. The van der Waals surface area contributed by atoms with Gasteiger partial charge in [0.2, 0.25) is 0 Å². The molecule has 0 aliphatic heterocycles. The Morgan fingerprint density at radius 2 is 2.22 bits per heavy atom. The summed E-state index contributed by atoms with van der Waals surface area (Å²) in [5, 5.41) is 19.1. The maximum absolute atomic E-state index is 10.9. The minimum atomic E-state index is -0.928. The Labute approximate surface area is 101 Å². The second kappa shape index (κ2) is 3.95. The second-order valence-corrected chi connectivity index (χ2v) is 3.76. The van der Waals surface area contributed by atoms with Crippen LogP contribution >= 0.6 is 0 Å². The summed E-state index contributed by atoms with van der Waals surface area (Å²) in [4.78, 5) is 15.3. The number of hydrogen-bond acceptors (Lipinski definition) is 4. The Morgan fingerprint density at radius 3 is 2.94 bits per heavy atom. The van der Waals surface area contributed by atoms with Crippen LogP contribution in [0.25, 0.3) is 22.6 Å². The lowest BCUT2D eigenvalue weighted by molar-refractivity contribution is -0.137. The number of benzene rings is 1. The minimum Gasteiger partial charge on any atom is -0.480 e. The molecule has 2 aromatic heterocycles. The van der Waals surface area contributed by atoms with Crippen LogP contribution in [0.5, 0.6) is 0 Å². The highest BCUT2D eigenvalue weighted by molar-refractivity contribution is 5.82. The number of carboxylic acids is 1. The summed E-state index contributed by atoms with van der Waals surface area (Å²) in [5.74, 6) is -0.435. The van der Waals surface area contributed by atoms with Gasteiger partial charge in [-0.3, -0.25) is 4.79 Å². The van der Waals surface area contributed by atoms with Crippen LogP contribution in [0.3, 0.4) is 0 Å². The third-order valence-corrected chi connectivity index (χ3v) is 2.59. The molecule has 7 heteroatoms. The Kier molecular flexibility index (Phi) is 2.30. The normalized spacial score (nSPS) is 10.9. The van der Waals surface area contributed by atoms with Gasteiger partial charge in [-0.15, -0.1) is 0 Å². The van der Waals surface area contributed by atoms with Crippen LogP contribution in [-0.4, -0.2) is 36.0 Å². The van der Waals surface area contributed by atoms with Gasteiger partial charge in [0.1, 0.15) is 12.2 Å². The molecule has 0 saturated carbocycles. The number of hydrogen-bond donors (Lipinski definition) is 2. The molecule has 0 aliphatic rings. The summed E-state index contributed by atoms with van der Waals surface area (Å²) in [5.41, 5.74) is 2.02. The van der Waals surface area contributed by atoms with Gasteiger partial charge in [-0.2, -0.15) is 15.4 Å². The molecule has 0 radical (unpaired) electrons. The number of carboxylic acid groups (broad SMARTS) is 1. The molecule has 3 rings (SSSR count). The molecular formula is C11H9N5O2. The number of nitrogens with zero attached hydrogens (tertiary/aromatic N) is 4. The molecule has 2 heterocycles. The monoisotopic (exact) mass is 243 g/mol. The fourth-order valence-corrected chi connectivity index (χ4v) is 1.88. The number of aliphatic carboxylic acids is 1. The molecule has 3 aromatic rings. The van der Waals surface area contributed by atoms with Crippen molar-refractivity contribution in [3.8, 4) is 11.5 Å². The topological polar surface area (TPSA) is 96.7 Å². The third kappa shape index (κ3) is 1.61. The van der Waals surface area contributed by atoms with Gasteiger partial charge in [-0.05, 0) is 12.1 Å². The number of fused-ring (bicyclic) bond motifs is 1. The zero-order valence-corrected chi connectivity index (χ0v) is 9.24. The zero-order valence-electron chi connectivity index (χ0n) is 9.24. The molecule has 0 aliphatic carbocycles. The van der Waals surface area contributed by atoms with E-state index >= 15 is 0 Å². The summed E-state index contributed by atoms with van der Waals surface area (Å²) >= 11 is 0. The first-order chi connectivity index (χ1) is 8.75. The zero-order chi connectivity index (χ0) is 12.5. The number of nitrogens with one attached hydrogen (secondary N) is 1. The highest BCUT2D eigenvalue weighted by Crippen LogP contribution is 2.22. The number of aromatic amines is 1. The Bertz CT molecular complexity index is 701. The molecule has 0 amide bonds. The molecule has 0 unspecified atom stereocenters. The van der Waals surface area contributed by atoms with Gasteiger partial charge < -0.3 is 9.67 Å². The number of H-pyrrole nitrogens is 1. The average Bonchev–Trinajstić information content (AvgIpc) is 2.96. The Morgan fingerprint density at radius 1 is 1.39 bits per heavy atom. The largest absolute Gasteiger partial charge is 0.480 e. The molecule has 0 spiro atoms. The minimum absolute atomic E-state index is 0.164. The maximum Gasteiger partial charge on any atom is 0.323 e. The highest BCUT2D eigenvalue weighted by Gasteiger charge is 2.15. The maximum atomic E-state index is 10.9. The number of carbonyl (C=O) groups is 1. The summed E-state index contributed by atoms with van der Waals surface area (Å²) in [6.45, 7) is -0.164. The SMILES string of the molecule is O=C(O)Cn1c(-c2cn[nH]n2)nc2ccccc21. The number of aromatic nitrogens is 5. The van der Waals surface area contributed by atoms with Crippen LogP contribution in [0.1, 0.15) is 0 Å². The van der Waals surface area contributed by atoms with Crippen molar-refractivity contribution in [2.45, 2.75) is 6.54 Å². The van der Waals surface area contributed by atoms with Crippen molar-refractivity contribution < 1.29 is 9.90 Å². The van der Waals surface area contributed by atoms with E-state index in [-0.39, 0.29) is 6.54 Å². The predicted octanol–water partition coefficient (Wildman–Crippen LogP) is 0.906. The van der Waals surface area contributed by atoms with Gasteiger partial charge in [0.15, 0.2) is 5.82 Å². The van der Waals surface area contributed by atoms with Crippen LogP contribution in [-0.2, 0) is 11.3 Å². The molecule has 1 aromatic carbocycles.